The van der Waals surface area contributed by atoms with Gasteiger partial charge in [-0.1, -0.05) is 19.3 Å². The first kappa shape index (κ1) is 13.6. The third-order valence-electron chi connectivity index (χ3n) is 4.25. The van der Waals surface area contributed by atoms with E-state index in [-0.39, 0.29) is 11.1 Å². The van der Waals surface area contributed by atoms with E-state index >= 15 is 0 Å². The number of halogens is 1. The average Bonchev–Trinajstić information content (AvgIpc) is 2.71. The summed E-state index contributed by atoms with van der Waals surface area (Å²) < 4.78 is 6.32. The van der Waals surface area contributed by atoms with Gasteiger partial charge < -0.3 is 10.1 Å². The lowest BCUT2D eigenvalue weighted by molar-refractivity contribution is -0.0635. The van der Waals surface area contributed by atoms with Crippen molar-refractivity contribution in [2.24, 2.45) is 0 Å². The van der Waals surface area contributed by atoms with Gasteiger partial charge in [0.05, 0.1) is 11.7 Å². The minimum absolute atomic E-state index is 0.0211. The molecule has 2 nitrogen and oxygen atoms in total. The highest BCUT2D eigenvalue weighted by Crippen LogP contribution is 2.41. The van der Waals surface area contributed by atoms with Crippen molar-refractivity contribution in [1.29, 1.82) is 0 Å². The Balaban J connectivity index is 1.78. The molecule has 0 aromatic rings. The van der Waals surface area contributed by atoms with Crippen molar-refractivity contribution in [3.05, 3.63) is 0 Å². The summed E-state index contributed by atoms with van der Waals surface area (Å²) in [5.74, 6) is 0.644. The Kier molecular flexibility index (Phi) is 4.38. The van der Waals surface area contributed by atoms with E-state index < -0.39 is 0 Å². The van der Waals surface area contributed by atoms with Crippen LogP contribution < -0.4 is 5.32 Å². The zero-order chi connectivity index (χ0) is 12.4. The molecule has 1 saturated carbocycles. The van der Waals surface area contributed by atoms with Crippen LogP contribution in [0.3, 0.4) is 0 Å². The molecule has 2 fully saturated rings. The molecule has 1 atom stereocenters. The number of nitrogens with one attached hydrogen (secondary N) is 1. The molecule has 2 aliphatic rings. The van der Waals surface area contributed by atoms with Crippen molar-refractivity contribution in [3.8, 4) is 0 Å². The van der Waals surface area contributed by atoms with Gasteiger partial charge in [-0.3, -0.25) is 0 Å². The topological polar surface area (TPSA) is 21.3 Å². The van der Waals surface area contributed by atoms with Gasteiger partial charge in [0, 0.05) is 18.0 Å². The van der Waals surface area contributed by atoms with Crippen molar-refractivity contribution in [3.63, 3.8) is 0 Å². The molecule has 1 saturated heterocycles. The lowest BCUT2D eigenvalue weighted by atomic mass is 9.83. The summed E-state index contributed by atoms with van der Waals surface area (Å²) in [6, 6.07) is 0. The molecule has 0 amide bonds. The minimum Gasteiger partial charge on any atom is -0.370 e. The predicted octanol–water partition coefficient (Wildman–Crippen LogP) is 3.48. The highest BCUT2D eigenvalue weighted by atomic mass is 35.5. The monoisotopic (exact) mass is 259 g/mol. The maximum absolute atomic E-state index is 6.32. The largest absolute Gasteiger partial charge is 0.370 e. The quantitative estimate of drug-likeness (QED) is 0.781. The summed E-state index contributed by atoms with van der Waals surface area (Å²) in [5.41, 5.74) is 0.267. The van der Waals surface area contributed by atoms with Crippen LogP contribution in [0.5, 0.6) is 0 Å². The van der Waals surface area contributed by atoms with Crippen molar-refractivity contribution in [2.75, 3.05) is 12.4 Å². The Morgan fingerprint density at radius 1 is 1.24 bits per heavy atom. The highest BCUT2D eigenvalue weighted by molar-refractivity contribution is 6.18. The van der Waals surface area contributed by atoms with Gasteiger partial charge in [0.1, 0.15) is 0 Å². The number of rotatable bonds is 4. The van der Waals surface area contributed by atoms with E-state index in [1.807, 2.05) is 0 Å². The minimum atomic E-state index is 0.0211. The lowest BCUT2D eigenvalue weighted by Crippen LogP contribution is -2.45. The number of ether oxygens (including phenoxy) is 1. The molecule has 1 unspecified atom stereocenters. The van der Waals surface area contributed by atoms with Gasteiger partial charge in [0.15, 0.2) is 0 Å². The van der Waals surface area contributed by atoms with Crippen molar-refractivity contribution in [2.45, 2.75) is 76.0 Å². The van der Waals surface area contributed by atoms with Crippen LogP contribution in [0.4, 0.5) is 0 Å². The molecule has 1 aliphatic heterocycles. The summed E-state index contributed by atoms with van der Waals surface area (Å²) in [5, 5.41) is 3.52. The normalized spacial score (nSPS) is 28.8. The van der Waals surface area contributed by atoms with E-state index in [2.05, 4.69) is 19.2 Å². The third-order valence-corrected chi connectivity index (χ3v) is 4.91. The van der Waals surface area contributed by atoms with E-state index in [4.69, 9.17) is 16.3 Å². The summed E-state index contributed by atoms with van der Waals surface area (Å²) in [7, 11) is 0. The molecule has 100 valence electrons. The molecule has 3 heteroatoms. The van der Waals surface area contributed by atoms with Gasteiger partial charge in [0.2, 0.25) is 0 Å². The molecule has 0 radical (unpaired) electrons. The predicted molar refractivity (Wildman–Crippen MR) is 72.7 cm³/mol. The van der Waals surface area contributed by atoms with E-state index in [1.54, 1.807) is 0 Å². The van der Waals surface area contributed by atoms with Crippen molar-refractivity contribution in [1.82, 2.24) is 5.32 Å². The first-order chi connectivity index (χ1) is 8.05. The van der Waals surface area contributed by atoms with Crippen LogP contribution in [-0.4, -0.2) is 29.7 Å². The van der Waals surface area contributed by atoms with Gasteiger partial charge in [-0.2, -0.15) is 0 Å². The molecule has 0 aromatic carbocycles. The van der Waals surface area contributed by atoms with Crippen LogP contribution >= 0.6 is 11.6 Å². The molecular weight excluding hydrogens is 234 g/mol. The maximum Gasteiger partial charge on any atom is 0.0708 e. The summed E-state index contributed by atoms with van der Waals surface area (Å²) in [6.45, 7) is 5.23. The smallest absolute Gasteiger partial charge is 0.0708 e. The van der Waals surface area contributed by atoms with Crippen LogP contribution in [0.25, 0.3) is 0 Å². The molecule has 1 heterocycles. The Labute approximate surface area is 110 Å². The number of alkyl halides is 1. The second-order valence-corrected chi connectivity index (χ2v) is 6.69. The fourth-order valence-electron chi connectivity index (χ4n) is 3.04. The number of hydrogen-bond donors (Lipinski definition) is 1. The van der Waals surface area contributed by atoms with Gasteiger partial charge in [-0.05, 0) is 39.5 Å². The Morgan fingerprint density at radius 2 is 1.94 bits per heavy atom. The van der Waals surface area contributed by atoms with Gasteiger partial charge >= 0.3 is 0 Å². The fraction of sp³-hybridized carbons (Fsp3) is 1.00. The summed E-state index contributed by atoms with van der Waals surface area (Å²) >= 11 is 5.92. The average molecular weight is 260 g/mol. The van der Waals surface area contributed by atoms with Crippen LogP contribution in [-0.2, 0) is 4.74 Å². The fourth-order valence-corrected chi connectivity index (χ4v) is 3.14. The van der Waals surface area contributed by atoms with Crippen LogP contribution in [0.2, 0.25) is 0 Å². The Bertz CT molecular complexity index is 249. The molecule has 1 aliphatic carbocycles. The van der Waals surface area contributed by atoms with E-state index in [0.29, 0.717) is 12.0 Å². The van der Waals surface area contributed by atoms with Crippen molar-refractivity contribution < 1.29 is 4.74 Å². The molecule has 0 bridgehead atoms. The maximum atomic E-state index is 6.32. The first-order valence-electron chi connectivity index (χ1n) is 7.04. The SMILES string of the molecule is CC(C)(CCl)NCC1CCC2(CCCCC2)O1. The number of hydrogen-bond acceptors (Lipinski definition) is 2. The van der Waals surface area contributed by atoms with Gasteiger partial charge in [-0.25, -0.2) is 0 Å². The Hall–Kier alpha value is 0.210. The zero-order valence-corrected chi connectivity index (χ0v) is 12.0. The van der Waals surface area contributed by atoms with E-state index in [9.17, 15) is 0 Å². The second kappa shape index (κ2) is 5.46. The van der Waals surface area contributed by atoms with E-state index in [1.165, 1.54) is 44.9 Å². The zero-order valence-electron chi connectivity index (χ0n) is 11.2. The summed E-state index contributed by atoms with van der Waals surface area (Å²) in [6.07, 6.45) is 9.54. The Morgan fingerprint density at radius 3 is 2.59 bits per heavy atom. The van der Waals surface area contributed by atoms with E-state index in [0.717, 1.165) is 6.54 Å². The van der Waals surface area contributed by atoms with Crippen LogP contribution in [0, 0.1) is 0 Å². The molecule has 17 heavy (non-hydrogen) atoms. The van der Waals surface area contributed by atoms with Crippen LogP contribution in [0.1, 0.15) is 58.8 Å². The molecule has 1 spiro atoms. The second-order valence-electron chi connectivity index (χ2n) is 6.42. The van der Waals surface area contributed by atoms with Crippen molar-refractivity contribution >= 4 is 11.6 Å². The molecule has 1 N–H and O–H groups in total. The lowest BCUT2D eigenvalue weighted by Gasteiger charge is -2.34. The molecule has 2 rings (SSSR count). The van der Waals surface area contributed by atoms with Crippen LogP contribution in [0.15, 0.2) is 0 Å². The highest BCUT2D eigenvalue weighted by Gasteiger charge is 2.40. The summed E-state index contributed by atoms with van der Waals surface area (Å²) in [4.78, 5) is 0. The molecule has 0 aromatic heterocycles. The third kappa shape index (κ3) is 3.59. The van der Waals surface area contributed by atoms with Gasteiger partial charge in [0.25, 0.3) is 0 Å². The standard InChI is InChI=1S/C14H26ClNO/c1-13(2,11-15)16-10-12-6-9-14(17-12)7-4-3-5-8-14/h12,16H,3-11H2,1-2H3. The first-order valence-corrected chi connectivity index (χ1v) is 7.58. The van der Waals surface area contributed by atoms with Gasteiger partial charge in [-0.15, -0.1) is 11.6 Å². The molecular formula is C14H26ClNO.